The summed E-state index contributed by atoms with van der Waals surface area (Å²) in [6, 6.07) is 18.4. The van der Waals surface area contributed by atoms with Crippen molar-refractivity contribution in [2.75, 3.05) is 62.5 Å². The monoisotopic (exact) mass is 502 g/mol. The van der Waals surface area contributed by atoms with Crippen molar-refractivity contribution < 1.29 is 18.8 Å². The van der Waals surface area contributed by atoms with Gasteiger partial charge in [0.2, 0.25) is 0 Å². The fourth-order valence-electron chi connectivity index (χ4n) is 4.22. The number of hydrogen-bond acceptors (Lipinski definition) is 3. The van der Waals surface area contributed by atoms with Gasteiger partial charge in [-0.2, -0.15) is 0 Å². The molecule has 5 nitrogen and oxygen atoms in total. The molecule has 0 spiro atoms. The second-order valence-electron chi connectivity index (χ2n) is 11.6. The van der Waals surface area contributed by atoms with E-state index in [4.69, 9.17) is 9.47 Å². The molecule has 5 heteroatoms. The highest BCUT2D eigenvalue weighted by molar-refractivity contribution is 6.10. The summed E-state index contributed by atoms with van der Waals surface area (Å²) in [6.45, 7) is 5.68. The predicted octanol–water partition coefficient (Wildman–Crippen LogP) is 6.16. The topological polar surface area (TPSA) is 35.5 Å². The van der Waals surface area contributed by atoms with E-state index in [1.807, 2.05) is 51.5 Å². The number of quaternary nitrogens is 2. The Labute approximate surface area is 222 Å². The smallest absolute Gasteiger partial charge is 0.191 e. The van der Waals surface area contributed by atoms with Gasteiger partial charge in [-0.1, -0.05) is 35.4 Å². The Morgan fingerprint density at radius 2 is 1.51 bits per heavy atom. The van der Waals surface area contributed by atoms with Crippen LogP contribution in [0.4, 0.5) is 5.69 Å². The van der Waals surface area contributed by atoms with Crippen LogP contribution in [0.1, 0.15) is 27.0 Å². The summed E-state index contributed by atoms with van der Waals surface area (Å²) >= 11 is 0. The van der Waals surface area contributed by atoms with E-state index >= 15 is 0 Å². The fraction of sp³-hybridized carbons (Fsp3) is 0.344. The lowest BCUT2D eigenvalue weighted by Crippen LogP contribution is -2.38. The quantitative estimate of drug-likeness (QED) is 0.189. The van der Waals surface area contributed by atoms with Crippen LogP contribution in [-0.2, 0) is 0 Å². The molecular weight excluding hydrogens is 460 g/mol. The van der Waals surface area contributed by atoms with Crippen molar-refractivity contribution >= 4 is 17.5 Å². The van der Waals surface area contributed by atoms with Gasteiger partial charge in [-0.25, -0.2) is 0 Å². The van der Waals surface area contributed by atoms with Gasteiger partial charge in [0.25, 0.3) is 0 Å². The summed E-state index contributed by atoms with van der Waals surface area (Å²) in [6.07, 6.45) is 3.52. The maximum absolute atomic E-state index is 13.4. The van der Waals surface area contributed by atoms with Crippen molar-refractivity contribution in [1.29, 1.82) is 0 Å². The number of benzene rings is 3. The molecular formula is C32H42N2O3+2. The molecule has 196 valence electrons. The maximum atomic E-state index is 13.4. The van der Waals surface area contributed by atoms with Crippen molar-refractivity contribution in [2.24, 2.45) is 0 Å². The number of carbonyl (C=O) groups is 1. The third-order valence-electron chi connectivity index (χ3n) is 6.19. The number of carbonyl (C=O) groups excluding carboxylic acids is 1. The number of likely N-dealkylation sites (N-methyl/N-ethyl adjacent to an activating group) is 1. The molecule has 0 aliphatic rings. The molecule has 0 bridgehead atoms. The number of rotatable bonds is 10. The highest BCUT2D eigenvalue weighted by Gasteiger charge is 2.22. The van der Waals surface area contributed by atoms with Crippen LogP contribution in [0.2, 0.25) is 0 Å². The van der Waals surface area contributed by atoms with Gasteiger partial charge in [0.05, 0.1) is 55.0 Å². The molecule has 0 saturated carbocycles. The predicted molar refractivity (Wildman–Crippen MR) is 156 cm³/mol. The zero-order valence-electron chi connectivity index (χ0n) is 23.9. The molecule has 0 saturated heterocycles. The van der Waals surface area contributed by atoms with Crippen LogP contribution in [-0.4, -0.2) is 72.8 Å². The first-order valence-electron chi connectivity index (χ1n) is 12.7. The third-order valence-corrected chi connectivity index (χ3v) is 6.19. The zero-order valence-corrected chi connectivity index (χ0v) is 23.9. The van der Waals surface area contributed by atoms with Crippen molar-refractivity contribution in [3.63, 3.8) is 0 Å². The minimum atomic E-state index is -0.0557. The first-order valence-corrected chi connectivity index (χ1v) is 12.7. The Bertz CT molecular complexity index is 1270. The van der Waals surface area contributed by atoms with Crippen LogP contribution < -0.4 is 14.0 Å². The van der Waals surface area contributed by atoms with Gasteiger partial charge in [-0.15, -0.1) is 0 Å². The fourth-order valence-corrected chi connectivity index (χ4v) is 4.22. The van der Waals surface area contributed by atoms with Crippen molar-refractivity contribution in [1.82, 2.24) is 4.48 Å². The first-order chi connectivity index (χ1) is 17.3. The minimum absolute atomic E-state index is 0.0557. The molecule has 0 amide bonds. The normalized spacial score (nSPS) is 12.1. The van der Waals surface area contributed by atoms with Gasteiger partial charge in [0.1, 0.15) is 30.3 Å². The number of ether oxygens (including phenoxy) is 2. The average molecular weight is 503 g/mol. The Morgan fingerprint density at radius 3 is 2.11 bits per heavy atom. The largest absolute Gasteiger partial charge is 0.497 e. The van der Waals surface area contributed by atoms with E-state index in [-0.39, 0.29) is 5.78 Å². The van der Waals surface area contributed by atoms with Crippen LogP contribution >= 0.6 is 0 Å². The molecule has 0 radical (unpaired) electrons. The van der Waals surface area contributed by atoms with Crippen molar-refractivity contribution in [3.8, 4) is 22.6 Å². The van der Waals surface area contributed by atoms with Gasteiger partial charge in [0.15, 0.2) is 5.78 Å². The highest BCUT2D eigenvalue weighted by atomic mass is 16.5. The summed E-state index contributed by atoms with van der Waals surface area (Å²) < 4.78 is 12.9. The van der Waals surface area contributed by atoms with Gasteiger partial charge >= 0.3 is 0 Å². The van der Waals surface area contributed by atoms with E-state index in [1.54, 1.807) is 13.2 Å². The molecule has 0 heterocycles. The number of aryl methyl sites for hydroxylation is 2. The average Bonchev–Trinajstić information content (AvgIpc) is 2.80. The number of ketones is 1. The standard InChI is InChI=1S/C32H42N2O3/c1-23-18-24(2)20-27(19-23)25-11-15-32(37-17-16-33(3,4)5)26(21-25)10-14-31(35)29-13-12-28(36-9)22-30(29)34(6,7)8/h10-15,18-22H,16-17H2,1-9H3/q+2/b14-10+. The summed E-state index contributed by atoms with van der Waals surface area (Å²) in [4.78, 5) is 13.4. The second kappa shape index (κ2) is 11.3. The summed E-state index contributed by atoms with van der Waals surface area (Å²) in [5.74, 6) is 1.45. The van der Waals surface area contributed by atoms with Gasteiger partial charge < -0.3 is 14.0 Å². The lowest BCUT2D eigenvalue weighted by atomic mass is 9.98. The molecule has 0 N–H and O–H groups in total. The van der Waals surface area contributed by atoms with Crippen molar-refractivity contribution in [2.45, 2.75) is 13.8 Å². The third kappa shape index (κ3) is 7.78. The molecule has 0 aliphatic carbocycles. The lowest BCUT2D eigenvalue weighted by Gasteiger charge is -2.25. The molecule has 0 atom stereocenters. The Morgan fingerprint density at radius 1 is 0.838 bits per heavy atom. The molecule has 0 fully saturated rings. The SMILES string of the molecule is COc1ccc(C(=O)/C=C/c2cc(-c3cc(C)cc(C)c3)ccc2OCC[N+](C)(C)C)c([N+](C)(C)C)c1. The molecule has 37 heavy (non-hydrogen) atoms. The molecule has 0 aromatic heterocycles. The van der Waals surface area contributed by atoms with E-state index in [2.05, 4.69) is 65.3 Å². The lowest BCUT2D eigenvalue weighted by molar-refractivity contribution is -0.870. The second-order valence-corrected chi connectivity index (χ2v) is 11.6. The summed E-state index contributed by atoms with van der Waals surface area (Å²) in [5.41, 5.74) is 7.12. The van der Waals surface area contributed by atoms with Crippen LogP contribution in [0.15, 0.2) is 60.7 Å². The molecule has 0 aliphatic heterocycles. The number of hydrogen-bond donors (Lipinski definition) is 0. The first kappa shape index (κ1) is 28.2. The zero-order chi connectivity index (χ0) is 27.4. The van der Waals surface area contributed by atoms with E-state index < -0.39 is 0 Å². The van der Waals surface area contributed by atoms with Gasteiger partial charge in [-0.3, -0.25) is 9.28 Å². The maximum Gasteiger partial charge on any atom is 0.191 e. The minimum Gasteiger partial charge on any atom is -0.497 e. The number of nitrogens with zero attached hydrogens (tertiary/aromatic N) is 2. The van der Waals surface area contributed by atoms with Crippen LogP contribution in [0.3, 0.4) is 0 Å². The van der Waals surface area contributed by atoms with Crippen LogP contribution in [0.5, 0.6) is 11.5 Å². The molecule has 3 rings (SSSR count). The molecule has 3 aromatic rings. The highest BCUT2D eigenvalue weighted by Crippen LogP contribution is 2.31. The van der Waals surface area contributed by atoms with E-state index in [9.17, 15) is 4.79 Å². The van der Waals surface area contributed by atoms with Gasteiger partial charge in [-0.05, 0) is 61.4 Å². The van der Waals surface area contributed by atoms with Crippen LogP contribution in [0, 0.1) is 13.8 Å². The Kier molecular flexibility index (Phi) is 8.62. The summed E-state index contributed by atoms with van der Waals surface area (Å²) in [7, 11) is 14.2. The van der Waals surface area contributed by atoms with Gasteiger partial charge in [0, 0.05) is 11.6 Å². The summed E-state index contributed by atoms with van der Waals surface area (Å²) in [5, 5.41) is 0. The van der Waals surface area contributed by atoms with E-state index in [0.717, 1.165) is 44.9 Å². The number of allylic oxidation sites excluding steroid dienone is 1. The van der Waals surface area contributed by atoms with E-state index in [1.165, 1.54) is 11.1 Å². The van der Waals surface area contributed by atoms with E-state index in [0.29, 0.717) is 16.7 Å². The van der Waals surface area contributed by atoms with Crippen molar-refractivity contribution in [3.05, 3.63) is 82.9 Å². The number of methoxy groups -OCH3 is 1. The molecule has 0 unspecified atom stereocenters. The van der Waals surface area contributed by atoms with Crippen LogP contribution in [0.25, 0.3) is 17.2 Å². The molecule has 3 aromatic carbocycles. The Balaban J connectivity index is 2.00. The Hall–Kier alpha value is -3.41.